The van der Waals surface area contributed by atoms with Crippen LogP contribution in [0.25, 0.3) is 0 Å². The van der Waals surface area contributed by atoms with Gasteiger partial charge in [-0.15, -0.1) is 0 Å². The number of rotatable bonds is 6. The second-order valence-electron chi connectivity index (χ2n) is 6.23. The van der Waals surface area contributed by atoms with Crippen LogP contribution in [0.15, 0.2) is 28.7 Å². The van der Waals surface area contributed by atoms with Crippen molar-refractivity contribution in [3.8, 4) is 0 Å². The van der Waals surface area contributed by atoms with Crippen LogP contribution in [0.3, 0.4) is 0 Å². The van der Waals surface area contributed by atoms with Gasteiger partial charge in [0, 0.05) is 29.1 Å². The molecular formula is C16H23BrN2. The van der Waals surface area contributed by atoms with Crippen LogP contribution in [0.1, 0.15) is 44.2 Å². The lowest BCUT2D eigenvalue weighted by Crippen LogP contribution is -2.41. The molecular weight excluding hydrogens is 300 g/mol. The van der Waals surface area contributed by atoms with Gasteiger partial charge in [-0.25, -0.2) is 0 Å². The maximum atomic E-state index is 6.32. The molecule has 0 bridgehead atoms. The predicted octanol–water partition coefficient (Wildman–Crippen LogP) is 3.71. The topological polar surface area (TPSA) is 29.3 Å². The van der Waals surface area contributed by atoms with Gasteiger partial charge in [0.25, 0.3) is 0 Å². The van der Waals surface area contributed by atoms with Gasteiger partial charge in [-0.3, -0.25) is 4.90 Å². The van der Waals surface area contributed by atoms with Crippen LogP contribution in [-0.2, 0) is 0 Å². The van der Waals surface area contributed by atoms with Crippen molar-refractivity contribution in [2.45, 2.75) is 50.7 Å². The van der Waals surface area contributed by atoms with Crippen LogP contribution < -0.4 is 5.73 Å². The Labute approximate surface area is 124 Å². The zero-order valence-corrected chi connectivity index (χ0v) is 13.1. The van der Waals surface area contributed by atoms with E-state index in [9.17, 15) is 0 Å². The number of halogens is 1. The van der Waals surface area contributed by atoms with Crippen LogP contribution in [0.2, 0.25) is 0 Å². The first-order valence-corrected chi connectivity index (χ1v) is 8.21. The van der Waals surface area contributed by atoms with Crippen LogP contribution in [0.4, 0.5) is 0 Å². The van der Waals surface area contributed by atoms with E-state index in [2.05, 4.69) is 52.0 Å². The van der Waals surface area contributed by atoms with Gasteiger partial charge in [-0.1, -0.05) is 28.1 Å². The van der Waals surface area contributed by atoms with Crippen molar-refractivity contribution in [3.63, 3.8) is 0 Å². The molecule has 2 nitrogen and oxygen atoms in total. The number of benzene rings is 1. The number of hydrogen-bond acceptors (Lipinski definition) is 2. The lowest BCUT2D eigenvalue weighted by molar-refractivity contribution is 0.159. The lowest BCUT2D eigenvalue weighted by Gasteiger charge is -2.35. The van der Waals surface area contributed by atoms with Crippen LogP contribution >= 0.6 is 15.9 Å². The molecule has 0 aromatic heterocycles. The molecule has 0 spiro atoms. The summed E-state index contributed by atoms with van der Waals surface area (Å²) in [5, 5.41) is 0. The molecule has 0 aliphatic heterocycles. The highest BCUT2D eigenvalue weighted by Gasteiger charge is 2.39. The third kappa shape index (κ3) is 3.39. The van der Waals surface area contributed by atoms with E-state index in [1.54, 1.807) is 0 Å². The Morgan fingerprint density at radius 1 is 1.21 bits per heavy atom. The minimum atomic E-state index is 0.181. The predicted molar refractivity (Wildman–Crippen MR) is 83.0 cm³/mol. The molecule has 2 saturated carbocycles. The van der Waals surface area contributed by atoms with Gasteiger partial charge in [-0.2, -0.15) is 0 Å². The number of nitrogens with zero attached hydrogens (tertiary/aromatic N) is 1. The van der Waals surface area contributed by atoms with Gasteiger partial charge in [0.05, 0.1) is 0 Å². The Kier molecular flexibility index (Phi) is 3.97. The van der Waals surface area contributed by atoms with E-state index in [1.807, 2.05) is 0 Å². The largest absolute Gasteiger partial charge is 0.326 e. The van der Waals surface area contributed by atoms with Gasteiger partial charge < -0.3 is 5.73 Å². The fourth-order valence-electron chi connectivity index (χ4n) is 2.95. The second kappa shape index (κ2) is 5.55. The molecule has 19 heavy (non-hydrogen) atoms. The summed E-state index contributed by atoms with van der Waals surface area (Å²) in [6.07, 6.45) is 5.53. The maximum Gasteiger partial charge on any atom is 0.0499 e. The molecule has 104 valence electrons. The lowest BCUT2D eigenvalue weighted by atomic mass is 9.98. The highest BCUT2D eigenvalue weighted by Crippen LogP contribution is 2.40. The van der Waals surface area contributed by atoms with Crippen molar-refractivity contribution in [2.24, 2.45) is 11.7 Å². The van der Waals surface area contributed by atoms with Gasteiger partial charge >= 0.3 is 0 Å². The Morgan fingerprint density at radius 3 is 2.32 bits per heavy atom. The van der Waals surface area contributed by atoms with E-state index in [1.165, 1.54) is 37.8 Å². The molecule has 0 saturated heterocycles. The first-order chi connectivity index (χ1) is 9.15. The smallest absolute Gasteiger partial charge is 0.0499 e. The normalized spacial score (nSPS) is 22.5. The van der Waals surface area contributed by atoms with Gasteiger partial charge in [0.2, 0.25) is 0 Å². The second-order valence-corrected chi connectivity index (χ2v) is 7.14. The monoisotopic (exact) mass is 322 g/mol. The molecule has 2 unspecified atom stereocenters. The SMILES string of the molecule is CC(N)C(c1ccc(Br)cc1)N(CC1CC1)C1CC1. The third-order valence-electron chi connectivity index (χ3n) is 4.25. The molecule has 1 aromatic carbocycles. The minimum absolute atomic E-state index is 0.181. The number of hydrogen-bond donors (Lipinski definition) is 1. The molecule has 2 N–H and O–H groups in total. The molecule has 1 aromatic rings. The molecule has 3 heteroatoms. The zero-order chi connectivity index (χ0) is 13.4. The zero-order valence-electron chi connectivity index (χ0n) is 11.6. The van der Waals surface area contributed by atoms with Crippen molar-refractivity contribution in [1.29, 1.82) is 0 Å². The fourth-order valence-corrected chi connectivity index (χ4v) is 3.22. The summed E-state index contributed by atoms with van der Waals surface area (Å²) < 4.78 is 1.14. The van der Waals surface area contributed by atoms with Crippen molar-refractivity contribution in [1.82, 2.24) is 4.90 Å². The van der Waals surface area contributed by atoms with E-state index in [0.29, 0.717) is 6.04 Å². The number of nitrogens with two attached hydrogens (primary N) is 1. The van der Waals surface area contributed by atoms with Crippen molar-refractivity contribution >= 4 is 15.9 Å². The van der Waals surface area contributed by atoms with Gasteiger partial charge in [0.1, 0.15) is 0 Å². The molecule has 2 fully saturated rings. The Morgan fingerprint density at radius 2 is 1.84 bits per heavy atom. The minimum Gasteiger partial charge on any atom is -0.326 e. The summed E-state index contributed by atoms with van der Waals surface area (Å²) in [5.74, 6) is 0.928. The summed E-state index contributed by atoms with van der Waals surface area (Å²) in [5.41, 5.74) is 7.68. The van der Waals surface area contributed by atoms with Gasteiger partial charge in [0.15, 0.2) is 0 Å². The average molecular weight is 323 g/mol. The molecule has 2 aliphatic rings. The van der Waals surface area contributed by atoms with Crippen molar-refractivity contribution < 1.29 is 0 Å². The Bertz CT molecular complexity index is 421. The fraction of sp³-hybridized carbons (Fsp3) is 0.625. The molecule has 2 atom stereocenters. The van der Waals surface area contributed by atoms with E-state index >= 15 is 0 Å². The van der Waals surface area contributed by atoms with Crippen LogP contribution in [-0.4, -0.2) is 23.5 Å². The standard InChI is InChI=1S/C16H23BrN2/c1-11(18)16(13-4-6-14(17)7-5-13)19(15-8-9-15)10-12-2-3-12/h4-7,11-12,15-16H,2-3,8-10,18H2,1H3. The maximum absolute atomic E-state index is 6.32. The van der Waals surface area contributed by atoms with Crippen molar-refractivity contribution in [2.75, 3.05) is 6.54 Å². The quantitative estimate of drug-likeness (QED) is 0.865. The summed E-state index contributed by atoms with van der Waals surface area (Å²) in [6.45, 7) is 3.39. The molecule has 2 aliphatic carbocycles. The van der Waals surface area contributed by atoms with Crippen LogP contribution in [0, 0.1) is 5.92 Å². The Balaban J connectivity index is 1.82. The molecule has 0 radical (unpaired) electrons. The Hall–Kier alpha value is -0.380. The summed E-state index contributed by atoms with van der Waals surface area (Å²) in [4.78, 5) is 2.69. The first-order valence-electron chi connectivity index (χ1n) is 7.42. The molecule has 3 rings (SSSR count). The van der Waals surface area contributed by atoms with Crippen molar-refractivity contribution in [3.05, 3.63) is 34.3 Å². The molecule has 0 heterocycles. The third-order valence-corrected chi connectivity index (χ3v) is 4.78. The summed E-state index contributed by atoms with van der Waals surface area (Å²) >= 11 is 3.52. The average Bonchev–Trinajstić information content (AvgIpc) is 3.25. The highest BCUT2D eigenvalue weighted by atomic mass is 79.9. The van der Waals surface area contributed by atoms with Crippen LogP contribution in [0.5, 0.6) is 0 Å². The summed E-state index contributed by atoms with van der Waals surface area (Å²) in [6, 6.07) is 10.0. The van der Waals surface area contributed by atoms with E-state index < -0.39 is 0 Å². The van der Waals surface area contributed by atoms with E-state index in [0.717, 1.165) is 16.4 Å². The first kappa shape index (κ1) is 13.6. The van der Waals surface area contributed by atoms with E-state index in [4.69, 9.17) is 5.73 Å². The van der Waals surface area contributed by atoms with Gasteiger partial charge in [-0.05, 0) is 56.2 Å². The summed E-state index contributed by atoms with van der Waals surface area (Å²) in [7, 11) is 0. The highest BCUT2D eigenvalue weighted by molar-refractivity contribution is 9.10. The molecule has 0 amide bonds. The van der Waals surface area contributed by atoms with E-state index in [-0.39, 0.29) is 6.04 Å².